The topological polar surface area (TPSA) is 44.8 Å². The van der Waals surface area contributed by atoms with Crippen LogP contribution in [-0.2, 0) is 9.53 Å². The molecule has 5 heteroatoms. The van der Waals surface area contributed by atoms with Crippen molar-refractivity contribution in [2.45, 2.75) is 6.42 Å². The number of hydrogen-bond donors (Lipinski definition) is 1. The Balaban J connectivity index is 2.08. The number of rotatable bonds is 8. The molecule has 1 N–H and O–H groups in total. The van der Waals surface area contributed by atoms with Gasteiger partial charge in [-0.05, 0) is 6.42 Å². The third kappa shape index (κ3) is 6.14. The highest BCUT2D eigenvalue weighted by atomic mass is 16.5. The van der Waals surface area contributed by atoms with E-state index in [1.54, 1.807) is 7.11 Å². The summed E-state index contributed by atoms with van der Waals surface area (Å²) in [7, 11) is 1.67. The lowest BCUT2D eigenvalue weighted by molar-refractivity contribution is -0.122. The maximum Gasteiger partial charge on any atom is 0.234 e. The lowest BCUT2D eigenvalue weighted by atomic mass is 10.3. The Hall–Kier alpha value is -0.910. The van der Waals surface area contributed by atoms with Gasteiger partial charge in [0.1, 0.15) is 0 Å². The summed E-state index contributed by atoms with van der Waals surface area (Å²) in [5.41, 5.74) is 0. The molecule has 0 radical (unpaired) electrons. The van der Waals surface area contributed by atoms with Crippen molar-refractivity contribution in [3.05, 3.63) is 12.7 Å². The molecule has 1 saturated heterocycles. The molecule has 0 bridgehead atoms. The number of amides is 1. The van der Waals surface area contributed by atoms with Gasteiger partial charge in [-0.15, -0.1) is 6.58 Å². The number of hydrogen-bond acceptors (Lipinski definition) is 4. The Morgan fingerprint density at radius 2 is 2.00 bits per heavy atom. The van der Waals surface area contributed by atoms with E-state index in [1.807, 2.05) is 6.08 Å². The van der Waals surface area contributed by atoms with Crippen molar-refractivity contribution in [1.29, 1.82) is 0 Å². The molecule has 0 atom stereocenters. The van der Waals surface area contributed by atoms with Crippen molar-refractivity contribution in [1.82, 2.24) is 15.1 Å². The molecule has 0 unspecified atom stereocenters. The standard InChI is InChI=1S/C13H25N3O2/c1-3-6-15-7-9-16(10-8-15)12-13(17)14-5-4-11-18-2/h3H,1,4-12H2,2H3,(H,14,17). The number of nitrogens with one attached hydrogen (secondary N) is 1. The Bertz CT molecular complexity index is 251. The fourth-order valence-corrected chi connectivity index (χ4v) is 2.02. The van der Waals surface area contributed by atoms with Crippen LogP contribution in [0.2, 0.25) is 0 Å². The van der Waals surface area contributed by atoms with E-state index in [0.29, 0.717) is 19.7 Å². The van der Waals surface area contributed by atoms with Crippen LogP contribution in [0.3, 0.4) is 0 Å². The Labute approximate surface area is 110 Å². The Kier molecular flexibility index (Phi) is 7.64. The molecule has 1 fully saturated rings. The lowest BCUT2D eigenvalue weighted by Crippen LogP contribution is -2.49. The van der Waals surface area contributed by atoms with Gasteiger partial charge in [-0.1, -0.05) is 6.08 Å². The summed E-state index contributed by atoms with van der Waals surface area (Å²) in [5, 5.41) is 2.91. The molecule has 0 aromatic heterocycles. The zero-order chi connectivity index (χ0) is 13.2. The molecular weight excluding hydrogens is 230 g/mol. The van der Waals surface area contributed by atoms with Gasteiger partial charge in [0, 0.05) is 53.0 Å². The first-order chi connectivity index (χ1) is 8.76. The third-order valence-electron chi connectivity index (χ3n) is 3.07. The minimum absolute atomic E-state index is 0.114. The lowest BCUT2D eigenvalue weighted by Gasteiger charge is -2.33. The van der Waals surface area contributed by atoms with Gasteiger partial charge < -0.3 is 10.1 Å². The zero-order valence-electron chi connectivity index (χ0n) is 11.4. The largest absolute Gasteiger partial charge is 0.385 e. The molecule has 1 heterocycles. The second-order valence-electron chi connectivity index (χ2n) is 4.56. The molecule has 1 aliphatic rings. The molecule has 1 rings (SSSR count). The van der Waals surface area contributed by atoms with Crippen LogP contribution in [0.25, 0.3) is 0 Å². The Morgan fingerprint density at radius 1 is 1.33 bits per heavy atom. The van der Waals surface area contributed by atoms with Crippen LogP contribution in [-0.4, -0.2) is 75.2 Å². The second kappa shape index (κ2) is 9.08. The van der Waals surface area contributed by atoms with Crippen molar-refractivity contribution < 1.29 is 9.53 Å². The highest BCUT2D eigenvalue weighted by Crippen LogP contribution is 2.00. The van der Waals surface area contributed by atoms with Crippen LogP contribution < -0.4 is 5.32 Å². The number of nitrogens with zero attached hydrogens (tertiary/aromatic N) is 2. The van der Waals surface area contributed by atoms with Crippen LogP contribution in [0.1, 0.15) is 6.42 Å². The van der Waals surface area contributed by atoms with Gasteiger partial charge in [-0.2, -0.15) is 0 Å². The van der Waals surface area contributed by atoms with Crippen molar-refractivity contribution in [2.75, 3.05) is 59.5 Å². The van der Waals surface area contributed by atoms with Crippen molar-refractivity contribution in [2.24, 2.45) is 0 Å². The molecule has 104 valence electrons. The predicted octanol–water partition coefficient (Wildman–Crippen LogP) is -0.0573. The number of carbonyl (C=O) groups excluding carboxylic acids is 1. The van der Waals surface area contributed by atoms with Gasteiger partial charge in [0.15, 0.2) is 0 Å². The van der Waals surface area contributed by atoms with Crippen LogP contribution in [0.5, 0.6) is 0 Å². The van der Waals surface area contributed by atoms with E-state index in [4.69, 9.17) is 4.74 Å². The normalized spacial score (nSPS) is 17.6. The van der Waals surface area contributed by atoms with E-state index in [0.717, 1.165) is 39.1 Å². The smallest absolute Gasteiger partial charge is 0.234 e. The van der Waals surface area contributed by atoms with Crippen molar-refractivity contribution in [3.63, 3.8) is 0 Å². The molecule has 0 saturated carbocycles. The van der Waals surface area contributed by atoms with Gasteiger partial charge in [-0.25, -0.2) is 0 Å². The number of piperazine rings is 1. The second-order valence-corrected chi connectivity index (χ2v) is 4.56. The van der Waals surface area contributed by atoms with E-state index in [2.05, 4.69) is 21.7 Å². The van der Waals surface area contributed by atoms with Gasteiger partial charge >= 0.3 is 0 Å². The van der Waals surface area contributed by atoms with Crippen LogP contribution in [0.15, 0.2) is 12.7 Å². The molecule has 5 nitrogen and oxygen atoms in total. The summed E-state index contributed by atoms with van der Waals surface area (Å²) in [6, 6.07) is 0. The first-order valence-electron chi connectivity index (χ1n) is 6.57. The number of carbonyl (C=O) groups is 1. The molecule has 1 aliphatic heterocycles. The fraction of sp³-hybridized carbons (Fsp3) is 0.769. The van der Waals surface area contributed by atoms with E-state index >= 15 is 0 Å². The van der Waals surface area contributed by atoms with Gasteiger partial charge in [0.05, 0.1) is 6.54 Å². The maximum absolute atomic E-state index is 11.7. The van der Waals surface area contributed by atoms with Crippen molar-refractivity contribution in [3.8, 4) is 0 Å². The fourth-order valence-electron chi connectivity index (χ4n) is 2.02. The summed E-state index contributed by atoms with van der Waals surface area (Å²) in [6.45, 7) is 10.5. The molecule has 0 spiro atoms. The van der Waals surface area contributed by atoms with Gasteiger partial charge in [0.25, 0.3) is 0 Å². The highest BCUT2D eigenvalue weighted by molar-refractivity contribution is 5.77. The summed E-state index contributed by atoms with van der Waals surface area (Å²) >= 11 is 0. The van der Waals surface area contributed by atoms with Crippen molar-refractivity contribution >= 4 is 5.91 Å². The monoisotopic (exact) mass is 255 g/mol. The first kappa shape index (κ1) is 15.1. The maximum atomic E-state index is 11.7. The molecule has 0 aliphatic carbocycles. The van der Waals surface area contributed by atoms with E-state index in [1.165, 1.54) is 0 Å². The zero-order valence-corrected chi connectivity index (χ0v) is 11.4. The minimum atomic E-state index is 0.114. The first-order valence-corrected chi connectivity index (χ1v) is 6.57. The Morgan fingerprint density at radius 3 is 2.61 bits per heavy atom. The molecule has 18 heavy (non-hydrogen) atoms. The SMILES string of the molecule is C=CCN1CCN(CC(=O)NCCCOC)CC1. The van der Waals surface area contributed by atoms with Gasteiger partial charge in [0.2, 0.25) is 5.91 Å². The van der Waals surface area contributed by atoms with E-state index in [9.17, 15) is 4.79 Å². The molecular formula is C13H25N3O2. The van der Waals surface area contributed by atoms with Gasteiger partial charge in [-0.3, -0.25) is 14.6 Å². The predicted molar refractivity (Wildman–Crippen MR) is 72.6 cm³/mol. The quantitative estimate of drug-likeness (QED) is 0.488. The van der Waals surface area contributed by atoms with Crippen LogP contribution in [0, 0.1) is 0 Å². The van der Waals surface area contributed by atoms with E-state index in [-0.39, 0.29) is 5.91 Å². The molecule has 0 aromatic carbocycles. The summed E-state index contributed by atoms with van der Waals surface area (Å²) < 4.78 is 4.93. The summed E-state index contributed by atoms with van der Waals surface area (Å²) in [5.74, 6) is 0.114. The van der Waals surface area contributed by atoms with Crippen LogP contribution in [0.4, 0.5) is 0 Å². The average molecular weight is 255 g/mol. The minimum Gasteiger partial charge on any atom is -0.385 e. The summed E-state index contributed by atoms with van der Waals surface area (Å²) in [6.07, 6.45) is 2.80. The number of ether oxygens (including phenoxy) is 1. The van der Waals surface area contributed by atoms with E-state index < -0.39 is 0 Å². The van der Waals surface area contributed by atoms with Crippen LogP contribution >= 0.6 is 0 Å². The number of methoxy groups -OCH3 is 1. The molecule has 0 aromatic rings. The summed E-state index contributed by atoms with van der Waals surface area (Å²) in [4.78, 5) is 16.2. The third-order valence-corrected chi connectivity index (χ3v) is 3.07. The highest BCUT2D eigenvalue weighted by Gasteiger charge is 2.17. The molecule has 1 amide bonds. The average Bonchev–Trinajstić information content (AvgIpc) is 2.37.